The lowest BCUT2D eigenvalue weighted by molar-refractivity contribution is 0.228. The average molecular weight is 271 g/mol. The maximum Gasteiger partial charge on any atom is 0.316 e. The quantitative estimate of drug-likeness (QED) is 0.623. The fourth-order valence-electron chi connectivity index (χ4n) is 1.26. The normalized spacial score (nSPS) is 9.78. The van der Waals surface area contributed by atoms with Gasteiger partial charge in [-0.25, -0.2) is 9.59 Å². The molecular weight excluding hydrogens is 256 g/mol. The van der Waals surface area contributed by atoms with Gasteiger partial charge in [0, 0.05) is 19.1 Å². The zero-order valence-corrected chi connectivity index (χ0v) is 10.8. The van der Waals surface area contributed by atoms with E-state index in [2.05, 4.69) is 21.3 Å². The minimum absolute atomic E-state index is 0.397. The number of carbonyl (C=O) groups excluding carboxylic acids is 2. The lowest BCUT2D eigenvalue weighted by Gasteiger charge is -2.20. The summed E-state index contributed by atoms with van der Waals surface area (Å²) < 4.78 is 0. The minimum Gasteiger partial charge on any atom is -0.341 e. The monoisotopic (exact) mass is 270 g/mol. The Morgan fingerprint density at radius 1 is 1.00 bits per heavy atom. The maximum atomic E-state index is 11.3. The van der Waals surface area contributed by atoms with Crippen molar-refractivity contribution in [1.82, 2.24) is 21.3 Å². The van der Waals surface area contributed by atoms with Crippen LogP contribution < -0.4 is 21.3 Å². The van der Waals surface area contributed by atoms with Crippen molar-refractivity contribution in [3.63, 3.8) is 0 Å². The van der Waals surface area contributed by atoms with Crippen molar-refractivity contribution < 1.29 is 9.59 Å². The van der Waals surface area contributed by atoms with E-state index in [1.165, 1.54) is 14.1 Å². The van der Waals surface area contributed by atoms with Crippen molar-refractivity contribution in [2.24, 2.45) is 0 Å². The van der Waals surface area contributed by atoms with Gasteiger partial charge in [0.25, 0.3) is 0 Å². The molecule has 98 valence electrons. The highest BCUT2D eigenvalue weighted by Gasteiger charge is 2.15. The third-order valence-corrected chi connectivity index (χ3v) is 2.46. The zero-order chi connectivity index (χ0) is 13.5. The fourth-order valence-corrected chi connectivity index (χ4v) is 1.39. The third kappa shape index (κ3) is 4.14. The van der Waals surface area contributed by atoms with Crippen LogP contribution in [-0.4, -0.2) is 26.2 Å². The Bertz CT molecular complexity index is 404. The molecule has 0 aliphatic rings. The van der Waals surface area contributed by atoms with Crippen LogP contribution in [0.1, 0.15) is 11.7 Å². The number of carbonyl (C=O) groups is 2. The van der Waals surface area contributed by atoms with Crippen LogP contribution in [0.25, 0.3) is 0 Å². The van der Waals surface area contributed by atoms with Crippen LogP contribution in [-0.2, 0) is 0 Å². The topological polar surface area (TPSA) is 82.3 Å². The van der Waals surface area contributed by atoms with E-state index in [-0.39, 0.29) is 0 Å². The Kier molecular flexibility index (Phi) is 5.26. The first-order valence-electron chi connectivity index (χ1n) is 5.28. The van der Waals surface area contributed by atoms with Gasteiger partial charge in [-0.2, -0.15) is 0 Å². The second kappa shape index (κ2) is 6.70. The average Bonchev–Trinajstić information content (AvgIpc) is 2.38. The summed E-state index contributed by atoms with van der Waals surface area (Å²) in [7, 11) is 2.99. The standard InChI is InChI=1S/C11H15ClN4O2/c1-13-10(17)15-9(16-11(18)14-2)7-3-5-8(12)6-4-7/h3-6,9H,1-2H3,(H2,13,15,17)(H2,14,16,18). The maximum absolute atomic E-state index is 11.3. The van der Waals surface area contributed by atoms with Crippen molar-refractivity contribution in [2.45, 2.75) is 6.17 Å². The summed E-state index contributed by atoms with van der Waals surface area (Å²) in [5, 5.41) is 10.6. The molecule has 18 heavy (non-hydrogen) atoms. The number of hydrogen-bond donors (Lipinski definition) is 4. The Balaban J connectivity index is 2.85. The van der Waals surface area contributed by atoms with E-state index in [0.717, 1.165) is 0 Å². The van der Waals surface area contributed by atoms with Crippen LogP contribution in [0, 0.1) is 0 Å². The molecule has 4 amide bonds. The first-order valence-corrected chi connectivity index (χ1v) is 5.66. The van der Waals surface area contributed by atoms with Crippen LogP contribution in [0.4, 0.5) is 9.59 Å². The molecule has 0 saturated carbocycles. The Hall–Kier alpha value is -1.95. The minimum atomic E-state index is -0.637. The molecule has 0 fully saturated rings. The Labute approximate surface area is 110 Å². The van der Waals surface area contributed by atoms with Crippen molar-refractivity contribution in [3.05, 3.63) is 34.9 Å². The molecule has 0 saturated heterocycles. The predicted octanol–water partition coefficient (Wildman–Crippen LogP) is 1.20. The summed E-state index contributed by atoms with van der Waals surface area (Å²) in [6.45, 7) is 0. The molecule has 1 aromatic carbocycles. The number of amides is 4. The molecular formula is C11H15ClN4O2. The summed E-state index contributed by atoms with van der Waals surface area (Å²) in [4.78, 5) is 22.6. The van der Waals surface area contributed by atoms with Gasteiger partial charge in [-0.1, -0.05) is 23.7 Å². The highest BCUT2D eigenvalue weighted by molar-refractivity contribution is 6.30. The summed E-state index contributed by atoms with van der Waals surface area (Å²) >= 11 is 5.78. The molecule has 0 atom stereocenters. The predicted molar refractivity (Wildman–Crippen MR) is 69.4 cm³/mol. The van der Waals surface area contributed by atoms with E-state index in [1.54, 1.807) is 24.3 Å². The number of halogens is 1. The van der Waals surface area contributed by atoms with Gasteiger partial charge >= 0.3 is 12.1 Å². The van der Waals surface area contributed by atoms with E-state index in [0.29, 0.717) is 10.6 Å². The fraction of sp³-hybridized carbons (Fsp3) is 0.273. The lowest BCUT2D eigenvalue weighted by atomic mass is 10.2. The largest absolute Gasteiger partial charge is 0.341 e. The van der Waals surface area contributed by atoms with E-state index in [1.807, 2.05) is 0 Å². The van der Waals surface area contributed by atoms with E-state index < -0.39 is 18.2 Å². The first kappa shape index (κ1) is 14.1. The number of urea groups is 2. The van der Waals surface area contributed by atoms with Crippen molar-refractivity contribution in [2.75, 3.05) is 14.1 Å². The molecule has 0 aliphatic heterocycles. The molecule has 0 spiro atoms. The van der Waals surface area contributed by atoms with Gasteiger partial charge in [0.1, 0.15) is 6.17 Å². The SMILES string of the molecule is CNC(=O)NC(NC(=O)NC)c1ccc(Cl)cc1. The van der Waals surface area contributed by atoms with E-state index in [4.69, 9.17) is 11.6 Å². The van der Waals surface area contributed by atoms with Gasteiger partial charge in [-0.05, 0) is 17.7 Å². The van der Waals surface area contributed by atoms with E-state index >= 15 is 0 Å². The second-order valence-electron chi connectivity index (χ2n) is 3.43. The number of benzene rings is 1. The molecule has 0 bridgehead atoms. The van der Waals surface area contributed by atoms with Gasteiger partial charge in [-0.15, -0.1) is 0 Å². The van der Waals surface area contributed by atoms with Crippen LogP contribution in [0.3, 0.4) is 0 Å². The number of nitrogens with one attached hydrogen (secondary N) is 4. The van der Waals surface area contributed by atoms with Gasteiger partial charge in [0.05, 0.1) is 0 Å². The molecule has 0 radical (unpaired) electrons. The van der Waals surface area contributed by atoms with Crippen LogP contribution in [0.2, 0.25) is 5.02 Å². The molecule has 6 nitrogen and oxygen atoms in total. The van der Waals surface area contributed by atoms with Crippen molar-refractivity contribution in [1.29, 1.82) is 0 Å². The van der Waals surface area contributed by atoms with Gasteiger partial charge in [0.2, 0.25) is 0 Å². The van der Waals surface area contributed by atoms with Gasteiger partial charge < -0.3 is 21.3 Å². The highest BCUT2D eigenvalue weighted by Crippen LogP contribution is 2.14. The van der Waals surface area contributed by atoms with Crippen LogP contribution in [0.5, 0.6) is 0 Å². The lowest BCUT2D eigenvalue weighted by Crippen LogP contribution is -2.46. The highest BCUT2D eigenvalue weighted by atomic mass is 35.5. The molecule has 0 aliphatic carbocycles. The molecule has 0 unspecified atom stereocenters. The van der Waals surface area contributed by atoms with Crippen molar-refractivity contribution >= 4 is 23.7 Å². The van der Waals surface area contributed by atoms with Crippen LogP contribution in [0.15, 0.2) is 24.3 Å². The molecule has 0 aromatic heterocycles. The summed E-state index contributed by atoms with van der Waals surface area (Å²) in [5.74, 6) is 0. The zero-order valence-electron chi connectivity index (χ0n) is 10.1. The van der Waals surface area contributed by atoms with Gasteiger partial charge in [0.15, 0.2) is 0 Å². The molecule has 0 heterocycles. The Morgan fingerprint density at radius 2 is 1.44 bits per heavy atom. The van der Waals surface area contributed by atoms with E-state index in [9.17, 15) is 9.59 Å². The smallest absolute Gasteiger partial charge is 0.316 e. The first-order chi connectivity index (χ1) is 8.56. The number of rotatable bonds is 3. The summed E-state index contributed by atoms with van der Waals surface area (Å²) in [6.07, 6.45) is -0.637. The summed E-state index contributed by atoms with van der Waals surface area (Å²) in [6, 6.07) is 6.01. The second-order valence-corrected chi connectivity index (χ2v) is 3.87. The van der Waals surface area contributed by atoms with Crippen LogP contribution >= 0.6 is 11.6 Å². The van der Waals surface area contributed by atoms with Gasteiger partial charge in [-0.3, -0.25) is 0 Å². The molecule has 1 rings (SSSR count). The van der Waals surface area contributed by atoms with Crippen molar-refractivity contribution in [3.8, 4) is 0 Å². The Morgan fingerprint density at radius 3 is 1.83 bits per heavy atom. The molecule has 7 heteroatoms. The molecule has 4 N–H and O–H groups in total. The summed E-state index contributed by atoms with van der Waals surface area (Å²) in [5.41, 5.74) is 0.714. The number of hydrogen-bond acceptors (Lipinski definition) is 2. The molecule has 1 aromatic rings. The third-order valence-electron chi connectivity index (χ3n) is 2.21.